The van der Waals surface area contributed by atoms with Gasteiger partial charge < -0.3 is 9.64 Å². The van der Waals surface area contributed by atoms with Gasteiger partial charge in [-0.3, -0.25) is 9.69 Å². The van der Waals surface area contributed by atoms with Crippen molar-refractivity contribution in [3.8, 4) is 0 Å². The largest absolute Gasteiger partial charge is 0.465 e. The molecule has 0 atom stereocenters. The Morgan fingerprint density at radius 1 is 1.10 bits per heavy atom. The van der Waals surface area contributed by atoms with Crippen molar-refractivity contribution in [2.24, 2.45) is 0 Å². The highest BCUT2D eigenvalue weighted by Crippen LogP contribution is 2.33. The van der Waals surface area contributed by atoms with Crippen molar-refractivity contribution >= 4 is 62.6 Å². The molecule has 0 radical (unpaired) electrons. The molecule has 0 N–H and O–H groups in total. The minimum atomic E-state index is -0.435. The predicted octanol–water partition coefficient (Wildman–Crippen LogP) is 5.07. The second-order valence-corrected chi connectivity index (χ2v) is 8.69. The van der Waals surface area contributed by atoms with Crippen LogP contribution in [0.5, 0.6) is 0 Å². The van der Waals surface area contributed by atoms with E-state index in [4.69, 9.17) is 21.3 Å². The highest BCUT2D eigenvalue weighted by atomic mass is 35.5. The van der Waals surface area contributed by atoms with Gasteiger partial charge in [-0.15, -0.1) is 12.4 Å². The van der Waals surface area contributed by atoms with Crippen LogP contribution in [0.1, 0.15) is 32.7 Å². The van der Waals surface area contributed by atoms with Gasteiger partial charge in [0.15, 0.2) is 5.13 Å². The predicted molar refractivity (Wildman–Crippen MR) is 129 cm³/mol. The number of carbonyl (C=O) groups is 2. The molecule has 31 heavy (non-hydrogen) atoms. The number of amides is 1. The van der Waals surface area contributed by atoms with Crippen LogP contribution in [0.25, 0.3) is 10.2 Å². The molecule has 0 bridgehead atoms. The monoisotopic (exact) mass is 481 g/mol. The Balaban J connectivity index is 0.00000341. The molecule has 6 nitrogen and oxygen atoms in total. The van der Waals surface area contributed by atoms with Gasteiger partial charge in [0.05, 0.1) is 22.9 Å². The summed E-state index contributed by atoms with van der Waals surface area (Å²) in [5.41, 5.74) is 2.72. The topological polar surface area (TPSA) is 62.7 Å². The van der Waals surface area contributed by atoms with Gasteiger partial charge >= 0.3 is 5.97 Å². The average molecular weight is 482 g/mol. The van der Waals surface area contributed by atoms with E-state index in [0.717, 1.165) is 28.7 Å². The van der Waals surface area contributed by atoms with Crippen molar-refractivity contribution in [2.45, 2.75) is 13.3 Å². The summed E-state index contributed by atoms with van der Waals surface area (Å²) in [4.78, 5) is 33.5. The SMILES string of the molecule is COC(=O)c1ccc(C(=O)N(CCCN(C)C)c2nc3c(C)cc(Cl)cc3s2)cc1.Cl. The second-order valence-electron chi connectivity index (χ2n) is 7.25. The zero-order chi connectivity index (χ0) is 21.8. The lowest BCUT2D eigenvalue weighted by molar-refractivity contribution is 0.0600. The molecule has 1 heterocycles. The first-order valence-corrected chi connectivity index (χ1v) is 10.7. The standard InChI is InChI=1S/C22H24ClN3O3S.ClH/c1-14-12-17(23)13-18-19(14)24-22(30-18)26(11-5-10-25(2)3)20(27)15-6-8-16(9-7-15)21(28)29-4;/h6-9,12-13H,5,10-11H2,1-4H3;1H. The van der Waals surface area contributed by atoms with E-state index in [2.05, 4.69) is 4.90 Å². The van der Waals surface area contributed by atoms with Crippen molar-refractivity contribution in [1.29, 1.82) is 0 Å². The van der Waals surface area contributed by atoms with Crippen LogP contribution in [0.15, 0.2) is 36.4 Å². The van der Waals surface area contributed by atoms with Crippen LogP contribution in [0.4, 0.5) is 5.13 Å². The number of rotatable bonds is 7. The van der Waals surface area contributed by atoms with E-state index in [1.54, 1.807) is 29.2 Å². The number of aryl methyl sites for hydroxylation is 1. The van der Waals surface area contributed by atoms with E-state index in [9.17, 15) is 9.59 Å². The maximum absolute atomic E-state index is 13.3. The molecule has 0 aliphatic carbocycles. The van der Waals surface area contributed by atoms with Crippen LogP contribution in [0.2, 0.25) is 5.02 Å². The van der Waals surface area contributed by atoms with E-state index < -0.39 is 5.97 Å². The number of thiazole rings is 1. The van der Waals surface area contributed by atoms with Gasteiger partial charge in [-0.1, -0.05) is 22.9 Å². The molecule has 9 heteroatoms. The normalized spacial score (nSPS) is 10.8. The van der Waals surface area contributed by atoms with Gasteiger partial charge in [0.25, 0.3) is 5.91 Å². The molecule has 3 rings (SSSR count). The van der Waals surface area contributed by atoms with E-state index in [0.29, 0.717) is 27.8 Å². The minimum absolute atomic E-state index is 0. The summed E-state index contributed by atoms with van der Waals surface area (Å²) in [5, 5.41) is 1.29. The van der Waals surface area contributed by atoms with E-state index in [1.807, 2.05) is 33.2 Å². The highest BCUT2D eigenvalue weighted by molar-refractivity contribution is 7.22. The first-order chi connectivity index (χ1) is 14.3. The smallest absolute Gasteiger partial charge is 0.337 e. The number of esters is 1. The third-order valence-corrected chi connectivity index (χ3v) is 5.90. The summed E-state index contributed by atoms with van der Waals surface area (Å²) >= 11 is 7.65. The number of nitrogens with zero attached hydrogens (tertiary/aromatic N) is 3. The first-order valence-electron chi connectivity index (χ1n) is 9.52. The molecule has 0 aliphatic rings. The maximum Gasteiger partial charge on any atom is 0.337 e. The number of carbonyl (C=O) groups excluding carboxylic acids is 2. The average Bonchev–Trinajstić information content (AvgIpc) is 3.14. The lowest BCUT2D eigenvalue weighted by Crippen LogP contribution is -2.33. The molecule has 0 aliphatic heterocycles. The molecule has 0 saturated carbocycles. The van der Waals surface area contributed by atoms with E-state index in [1.165, 1.54) is 18.4 Å². The Morgan fingerprint density at radius 2 is 1.74 bits per heavy atom. The van der Waals surface area contributed by atoms with Gasteiger partial charge in [-0.05, 0) is 75.9 Å². The third kappa shape index (κ3) is 5.95. The number of hydrogen-bond acceptors (Lipinski definition) is 6. The lowest BCUT2D eigenvalue weighted by atomic mass is 10.1. The third-order valence-electron chi connectivity index (χ3n) is 4.66. The van der Waals surface area contributed by atoms with Gasteiger partial charge in [-0.25, -0.2) is 9.78 Å². The highest BCUT2D eigenvalue weighted by Gasteiger charge is 2.22. The molecular weight excluding hydrogens is 457 g/mol. The molecule has 1 aromatic heterocycles. The van der Waals surface area contributed by atoms with Crippen LogP contribution in [0, 0.1) is 6.92 Å². The fourth-order valence-electron chi connectivity index (χ4n) is 3.11. The van der Waals surface area contributed by atoms with Gasteiger partial charge in [0, 0.05) is 17.1 Å². The Hall–Kier alpha value is -2.19. The number of aromatic nitrogens is 1. The maximum atomic E-state index is 13.3. The van der Waals surface area contributed by atoms with Crippen molar-refractivity contribution < 1.29 is 14.3 Å². The van der Waals surface area contributed by atoms with Gasteiger partial charge in [0.2, 0.25) is 0 Å². The number of halogens is 2. The van der Waals surface area contributed by atoms with Crippen molar-refractivity contribution in [1.82, 2.24) is 9.88 Å². The summed E-state index contributed by atoms with van der Waals surface area (Å²) in [7, 11) is 5.33. The molecule has 1 amide bonds. The Bertz CT molecular complexity index is 1070. The van der Waals surface area contributed by atoms with Crippen molar-refractivity contribution in [3.05, 3.63) is 58.1 Å². The molecule has 2 aromatic carbocycles. The lowest BCUT2D eigenvalue weighted by Gasteiger charge is -2.21. The van der Waals surface area contributed by atoms with Crippen molar-refractivity contribution in [2.75, 3.05) is 39.2 Å². The van der Waals surface area contributed by atoms with Crippen LogP contribution in [0.3, 0.4) is 0 Å². The Kier molecular flexibility index (Phi) is 8.82. The molecule has 166 valence electrons. The Labute approximate surface area is 197 Å². The fraction of sp³-hybridized carbons (Fsp3) is 0.318. The van der Waals surface area contributed by atoms with Gasteiger partial charge in [-0.2, -0.15) is 0 Å². The molecule has 0 saturated heterocycles. The van der Waals surface area contributed by atoms with Crippen LogP contribution in [-0.2, 0) is 4.74 Å². The quantitative estimate of drug-likeness (QED) is 0.441. The first kappa shape index (κ1) is 25.1. The van der Waals surface area contributed by atoms with Crippen LogP contribution >= 0.6 is 35.3 Å². The number of benzene rings is 2. The summed E-state index contributed by atoms with van der Waals surface area (Å²) in [6.45, 7) is 3.34. The van der Waals surface area contributed by atoms with E-state index in [-0.39, 0.29) is 18.3 Å². The summed E-state index contributed by atoms with van der Waals surface area (Å²) < 4.78 is 5.67. The molecule has 0 unspecified atom stereocenters. The number of ether oxygens (including phenoxy) is 1. The zero-order valence-electron chi connectivity index (χ0n) is 17.8. The number of hydrogen-bond donors (Lipinski definition) is 0. The Morgan fingerprint density at radius 3 is 2.35 bits per heavy atom. The summed E-state index contributed by atoms with van der Waals surface area (Å²) in [6.07, 6.45) is 0.800. The molecule has 3 aromatic rings. The van der Waals surface area contributed by atoms with Gasteiger partial charge in [0.1, 0.15) is 0 Å². The zero-order valence-corrected chi connectivity index (χ0v) is 20.2. The molecule has 0 spiro atoms. The number of methoxy groups -OCH3 is 1. The van der Waals surface area contributed by atoms with Crippen LogP contribution in [-0.4, -0.2) is 56.1 Å². The van der Waals surface area contributed by atoms with Crippen LogP contribution < -0.4 is 4.90 Å². The van der Waals surface area contributed by atoms with Crippen molar-refractivity contribution in [3.63, 3.8) is 0 Å². The summed E-state index contributed by atoms with van der Waals surface area (Å²) in [6, 6.07) is 10.2. The number of fused-ring (bicyclic) bond motifs is 1. The fourth-order valence-corrected chi connectivity index (χ4v) is 4.55. The second kappa shape index (κ2) is 10.9. The minimum Gasteiger partial charge on any atom is -0.465 e. The summed E-state index contributed by atoms with van der Waals surface area (Å²) in [5.74, 6) is -0.594. The van der Waals surface area contributed by atoms with E-state index >= 15 is 0 Å². The molecule has 0 fully saturated rings. The molecular formula is C22H25Cl2N3O3S. The number of anilines is 1.